The van der Waals surface area contributed by atoms with Gasteiger partial charge in [-0.25, -0.2) is 0 Å². The number of nitrogens with two attached hydrogens (primary N) is 4. The molecule has 2 aliphatic carbocycles. The SMILES string of the molecule is C[C@H]1O[C@H](O[C@H]2C[C@@](O)(C(=O)CO)Cc3c(O)c4c(c(O)c32)C(=O)c2c(CO)cccc2C4=O)C[C@@H](NC(=O)C(CCCN=C(N)N)NC(=O)C(CCCN=C(N)N)CC(=O)CNC(=O)CCC(=O)CNC(C)(C)C)[C@H]1O. The van der Waals surface area contributed by atoms with Gasteiger partial charge in [-0.05, 0) is 58.9 Å². The van der Waals surface area contributed by atoms with E-state index < -0.39 is 144 Å². The number of phenolic OH excluding ortho intramolecular Hbond substituents is 2. The third kappa shape index (κ3) is 15.6. The highest BCUT2D eigenvalue weighted by molar-refractivity contribution is 6.31. The molecule has 2 unspecified atom stereocenters. The molecular weight excluding hydrogens is 1010 g/mol. The average molecular weight is 1080 g/mol. The maximum Gasteiger partial charge on any atom is 0.242 e. The van der Waals surface area contributed by atoms with Gasteiger partial charge in [0, 0.05) is 85.3 Å². The quantitative estimate of drug-likeness (QED) is 0.0173. The summed E-state index contributed by atoms with van der Waals surface area (Å²) in [5.74, 6) is -9.00. The highest BCUT2D eigenvalue weighted by Gasteiger charge is 2.50. The van der Waals surface area contributed by atoms with Gasteiger partial charge in [0.25, 0.3) is 0 Å². The molecule has 1 aliphatic heterocycles. The van der Waals surface area contributed by atoms with E-state index in [2.05, 4.69) is 31.3 Å². The van der Waals surface area contributed by atoms with Crippen LogP contribution in [0.1, 0.15) is 140 Å². The molecule has 26 heteroatoms. The van der Waals surface area contributed by atoms with Crippen molar-refractivity contribution >= 4 is 58.6 Å². The van der Waals surface area contributed by atoms with E-state index in [0.717, 1.165) is 0 Å². The topological polar surface area (TPSA) is 453 Å². The number of aliphatic hydroxyl groups is 4. The Hall–Kier alpha value is -6.94. The zero-order valence-corrected chi connectivity index (χ0v) is 43.6. The monoisotopic (exact) mass is 1080 g/mol. The number of fused-ring (bicyclic) bond motifs is 3. The Kier molecular flexibility index (Phi) is 20.9. The Labute approximate surface area is 443 Å². The molecule has 3 amide bonds. The molecule has 1 heterocycles. The summed E-state index contributed by atoms with van der Waals surface area (Å²) >= 11 is 0. The molecule has 8 atom stereocenters. The van der Waals surface area contributed by atoms with Gasteiger partial charge in [0.2, 0.25) is 17.7 Å². The Balaban J connectivity index is 1.37. The number of guanidine groups is 2. The highest BCUT2D eigenvalue weighted by Crippen LogP contribution is 2.52. The van der Waals surface area contributed by atoms with Crippen LogP contribution in [-0.2, 0) is 51.3 Å². The van der Waals surface area contributed by atoms with Crippen molar-refractivity contribution in [3.05, 3.63) is 57.1 Å². The minimum atomic E-state index is -2.47. The number of nitrogens with zero attached hydrogens (tertiary/aromatic N) is 2. The molecule has 422 valence electrons. The van der Waals surface area contributed by atoms with E-state index in [1.165, 1.54) is 25.1 Å². The molecule has 2 aromatic carbocycles. The van der Waals surface area contributed by atoms with Crippen molar-refractivity contribution in [2.24, 2.45) is 38.8 Å². The van der Waals surface area contributed by atoms with E-state index in [1.807, 2.05) is 20.8 Å². The standard InChI is InChI=1S/C51H72N10O16/c1-24-41(68)32(17-36(76-24)77-33-19-51(75,34(66)23-63)18-30-38(33)45(72)40-39(43(30)70)42(69)29-10-5-8-26(22-62)37(29)44(40)71)61-47(74)31(11-7-15-57-49(54)55)60-46(73)25(9-6-14-56-48(52)53)16-28(65)20-58-35(67)13-12-27(64)21-59-50(2,3)4/h5,8,10,24-25,31-33,36,41,59,62-63,68,70,72,75H,6-7,9,11-23H2,1-4H3,(H,58,67)(H,60,73)(H,61,74)(H4,52,53,56)(H4,54,55,57)/t24-,25?,31?,32-,33+,36-,41+,51-/m1/s1. The molecule has 1 saturated heterocycles. The summed E-state index contributed by atoms with van der Waals surface area (Å²) in [4.78, 5) is 116. The Bertz CT molecular complexity index is 2650. The van der Waals surface area contributed by atoms with Gasteiger partial charge in [-0.2, -0.15) is 0 Å². The van der Waals surface area contributed by atoms with Crippen LogP contribution >= 0.6 is 0 Å². The largest absolute Gasteiger partial charge is 0.507 e. The molecule has 18 N–H and O–H groups in total. The minimum Gasteiger partial charge on any atom is -0.507 e. The van der Waals surface area contributed by atoms with Crippen LogP contribution in [0.4, 0.5) is 0 Å². The number of Topliss-reactive ketones (excluding diaryl/α,β-unsaturated/α-hetero) is 3. The van der Waals surface area contributed by atoms with Crippen molar-refractivity contribution in [3.63, 3.8) is 0 Å². The van der Waals surface area contributed by atoms with E-state index in [-0.39, 0.29) is 122 Å². The van der Waals surface area contributed by atoms with Gasteiger partial charge < -0.3 is 84.3 Å². The van der Waals surface area contributed by atoms with E-state index in [9.17, 15) is 69.0 Å². The van der Waals surface area contributed by atoms with Crippen molar-refractivity contribution in [2.75, 3.05) is 32.8 Å². The number of amides is 3. The van der Waals surface area contributed by atoms with Gasteiger partial charge in [-0.15, -0.1) is 0 Å². The van der Waals surface area contributed by atoms with Crippen LogP contribution in [0.15, 0.2) is 28.2 Å². The predicted octanol–water partition coefficient (Wildman–Crippen LogP) is -2.34. The molecule has 0 spiro atoms. The molecule has 26 nitrogen and oxygen atoms in total. The fraction of sp³-hybridized carbons (Fsp3) is 0.569. The Morgan fingerprint density at radius 1 is 0.870 bits per heavy atom. The average Bonchev–Trinajstić information content (AvgIpc) is 3.37. The lowest BCUT2D eigenvalue weighted by atomic mass is 9.71. The van der Waals surface area contributed by atoms with Gasteiger partial charge in [-0.1, -0.05) is 18.2 Å². The van der Waals surface area contributed by atoms with E-state index in [0.29, 0.717) is 0 Å². The number of aromatic hydroxyl groups is 2. The lowest BCUT2D eigenvalue weighted by Crippen LogP contribution is -2.59. The number of carbonyl (C=O) groups excluding carboxylic acids is 8. The highest BCUT2D eigenvalue weighted by atomic mass is 16.7. The summed E-state index contributed by atoms with van der Waals surface area (Å²) in [6.45, 7) is 5.00. The zero-order valence-electron chi connectivity index (χ0n) is 43.6. The fourth-order valence-electron chi connectivity index (χ4n) is 9.48. The number of aliphatic imine (C=N–C) groups is 2. The van der Waals surface area contributed by atoms with Crippen molar-refractivity contribution in [1.29, 1.82) is 0 Å². The number of phenols is 2. The first-order chi connectivity index (χ1) is 36.2. The number of aliphatic hydroxyl groups excluding tert-OH is 3. The van der Waals surface area contributed by atoms with Crippen LogP contribution in [0.25, 0.3) is 0 Å². The maximum atomic E-state index is 14.3. The number of carbonyl (C=O) groups is 8. The first-order valence-electron chi connectivity index (χ1n) is 25.2. The van der Waals surface area contributed by atoms with E-state index in [4.69, 9.17) is 32.4 Å². The third-order valence-electron chi connectivity index (χ3n) is 13.5. The first-order valence-corrected chi connectivity index (χ1v) is 25.2. The van der Waals surface area contributed by atoms with Gasteiger partial charge in [0.05, 0.1) is 49.1 Å². The van der Waals surface area contributed by atoms with E-state index in [1.54, 1.807) is 0 Å². The van der Waals surface area contributed by atoms with Gasteiger partial charge >= 0.3 is 0 Å². The number of rotatable bonds is 26. The summed E-state index contributed by atoms with van der Waals surface area (Å²) in [6, 6.07) is 1.54. The molecule has 2 aromatic rings. The number of nitrogens with one attached hydrogen (secondary N) is 4. The van der Waals surface area contributed by atoms with Crippen LogP contribution in [0, 0.1) is 5.92 Å². The van der Waals surface area contributed by atoms with Crippen LogP contribution in [0.2, 0.25) is 0 Å². The second kappa shape index (κ2) is 26.4. The third-order valence-corrected chi connectivity index (χ3v) is 13.5. The minimum absolute atomic E-state index is 0.0299. The molecule has 0 aromatic heterocycles. The molecule has 3 aliphatic rings. The summed E-state index contributed by atoms with van der Waals surface area (Å²) in [5.41, 5.74) is 17.0. The molecule has 1 fully saturated rings. The van der Waals surface area contributed by atoms with Crippen LogP contribution in [-0.4, -0.2) is 164 Å². The lowest BCUT2D eigenvalue weighted by Gasteiger charge is -2.43. The van der Waals surface area contributed by atoms with Gasteiger partial charge in [-0.3, -0.25) is 48.3 Å². The number of hydrogen-bond donors (Lipinski definition) is 14. The lowest BCUT2D eigenvalue weighted by molar-refractivity contribution is -0.249. The van der Waals surface area contributed by atoms with Crippen LogP contribution in [0.5, 0.6) is 11.5 Å². The smallest absolute Gasteiger partial charge is 0.242 e. The normalized spacial score (nSPS) is 21.5. The van der Waals surface area contributed by atoms with E-state index >= 15 is 0 Å². The molecule has 77 heavy (non-hydrogen) atoms. The van der Waals surface area contributed by atoms with Crippen molar-refractivity contribution in [1.82, 2.24) is 21.3 Å². The summed E-state index contributed by atoms with van der Waals surface area (Å²) in [6.07, 6.45) is -7.74. The predicted molar refractivity (Wildman–Crippen MR) is 275 cm³/mol. The first kappa shape index (κ1) is 60.9. The molecule has 0 saturated carbocycles. The van der Waals surface area contributed by atoms with Crippen molar-refractivity contribution in [2.45, 2.75) is 146 Å². The number of ether oxygens (including phenoxy) is 2. The molecule has 0 bridgehead atoms. The summed E-state index contributed by atoms with van der Waals surface area (Å²) < 4.78 is 12.3. The Morgan fingerprint density at radius 2 is 1.52 bits per heavy atom. The summed E-state index contributed by atoms with van der Waals surface area (Å²) in [7, 11) is 0. The second-order valence-corrected chi connectivity index (χ2v) is 20.5. The van der Waals surface area contributed by atoms with Gasteiger partial charge in [0.1, 0.15) is 41.6 Å². The number of benzene rings is 2. The van der Waals surface area contributed by atoms with Crippen LogP contribution in [0.3, 0.4) is 0 Å². The van der Waals surface area contributed by atoms with Crippen molar-refractivity contribution < 1.29 is 78.5 Å². The molecule has 5 rings (SSSR count). The van der Waals surface area contributed by atoms with Crippen molar-refractivity contribution in [3.8, 4) is 11.5 Å². The second-order valence-electron chi connectivity index (χ2n) is 20.5. The van der Waals surface area contributed by atoms with Gasteiger partial charge in [0.15, 0.2) is 41.3 Å². The Morgan fingerprint density at radius 3 is 2.14 bits per heavy atom. The zero-order chi connectivity index (χ0) is 57.1. The summed E-state index contributed by atoms with van der Waals surface area (Å²) in [5, 5.41) is 77.8. The molecule has 0 radical (unpaired) electrons. The number of ketones is 5. The maximum absolute atomic E-state index is 14.3. The number of hydrogen-bond acceptors (Lipinski definition) is 19. The molecular formula is C51H72N10O16. The fourth-order valence-corrected chi connectivity index (χ4v) is 9.48. The van der Waals surface area contributed by atoms with Crippen LogP contribution < -0.4 is 44.2 Å².